The fourth-order valence-electron chi connectivity index (χ4n) is 4.91. The highest BCUT2D eigenvalue weighted by molar-refractivity contribution is 6.32. The van der Waals surface area contributed by atoms with E-state index in [-0.39, 0.29) is 17.9 Å². The molecule has 35 heavy (non-hydrogen) atoms. The number of halogens is 2. The molecule has 4 rings (SSSR count). The van der Waals surface area contributed by atoms with Crippen molar-refractivity contribution < 1.29 is 14.6 Å². The summed E-state index contributed by atoms with van der Waals surface area (Å²) in [7, 11) is 0. The quantitative estimate of drug-likeness (QED) is 0.492. The van der Waals surface area contributed by atoms with Gasteiger partial charge in [-0.1, -0.05) is 29.3 Å². The number of carbonyl (C=O) groups is 1. The van der Waals surface area contributed by atoms with E-state index in [4.69, 9.17) is 27.9 Å². The second kappa shape index (κ2) is 11.8. The minimum atomic E-state index is -0.876. The van der Waals surface area contributed by atoms with Crippen LogP contribution >= 0.6 is 23.2 Å². The Balaban J connectivity index is 1.45. The zero-order chi connectivity index (χ0) is 24.9. The average molecular weight is 521 g/mol. The van der Waals surface area contributed by atoms with Gasteiger partial charge >= 0.3 is 0 Å². The minimum Gasteiger partial charge on any atom is -0.489 e. The lowest BCUT2D eigenvalue weighted by Crippen LogP contribution is -2.48. The molecule has 2 fully saturated rings. The molecule has 0 spiro atoms. The predicted octanol–water partition coefficient (Wildman–Crippen LogP) is 4.92. The molecule has 2 saturated heterocycles. The number of amides is 1. The van der Waals surface area contributed by atoms with E-state index < -0.39 is 12.1 Å². The molecule has 0 aromatic heterocycles. The number of ether oxygens (including phenoxy) is 1. The summed E-state index contributed by atoms with van der Waals surface area (Å²) in [6, 6.07) is 12.6. The van der Waals surface area contributed by atoms with E-state index in [0.29, 0.717) is 34.4 Å². The molecule has 2 aliphatic heterocycles. The standard InChI is InChI=1S/C27H35Cl2N3O3/c1-18(2)35-25-10-5-19(15-23(25)29)26(33)24(17-31-12-3-4-13-31)30-27(34)20-11-14-32(16-20)22-8-6-21(28)7-9-22/h5-10,15,18,20,24,26,33H,3-4,11-14,16-17H2,1-2H3,(H,30,34). The number of benzene rings is 2. The molecule has 2 aliphatic rings. The van der Waals surface area contributed by atoms with Crippen LogP contribution in [0.15, 0.2) is 42.5 Å². The molecule has 0 radical (unpaired) electrons. The second-order valence-corrected chi connectivity index (χ2v) is 10.7. The maximum atomic E-state index is 13.3. The fraction of sp³-hybridized carbons (Fsp3) is 0.519. The molecular weight excluding hydrogens is 485 g/mol. The molecule has 3 atom stereocenters. The van der Waals surface area contributed by atoms with Crippen LogP contribution in [0.25, 0.3) is 0 Å². The van der Waals surface area contributed by atoms with Crippen LogP contribution in [0.2, 0.25) is 10.0 Å². The number of aliphatic hydroxyl groups excluding tert-OH is 1. The molecule has 2 heterocycles. The number of aliphatic hydroxyl groups is 1. The Bertz CT molecular complexity index is 996. The molecule has 2 aromatic carbocycles. The number of likely N-dealkylation sites (tertiary alicyclic amines) is 1. The van der Waals surface area contributed by atoms with Crippen LogP contribution in [-0.4, -0.2) is 60.8 Å². The fourth-order valence-corrected chi connectivity index (χ4v) is 5.27. The third-order valence-electron chi connectivity index (χ3n) is 6.77. The van der Waals surface area contributed by atoms with Gasteiger partial charge in [0.25, 0.3) is 0 Å². The van der Waals surface area contributed by atoms with Gasteiger partial charge in [0, 0.05) is 30.3 Å². The monoisotopic (exact) mass is 519 g/mol. The molecule has 190 valence electrons. The number of carbonyl (C=O) groups excluding carboxylic acids is 1. The molecule has 6 nitrogen and oxygen atoms in total. The van der Waals surface area contributed by atoms with Crippen LogP contribution in [0.5, 0.6) is 5.75 Å². The largest absolute Gasteiger partial charge is 0.489 e. The van der Waals surface area contributed by atoms with Crippen LogP contribution in [0, 0.1) is 5.92 Å². The van der Waals surface area contributed by atoms with Crippen molar-refractivity contribution >= 4 is 34.8 Å². The van der Waals surface area contributed by atoms with E-state index in [0.717, 1.165) is 44.6 Å². The molecule has 2 aromatic rings. The Kier molecular flexibility index (Phi) is 8.82. The van der Waals surface area contributed by atoms with Crippen molar-refractivity contribution in [3.63, 3.8) is 0 Å². The van der Waals surface area contributed by atoms with Gasteiger partial charge < -0.3 is 25.0 Å². The third kappa shape index (κ3) is 6.82. The number of nitrogens with one attached hydrogen (secondary N) is 1. The van der Waals surface area contributed by atoms with Gasteiger partial charge in [-0.25, -0.2) is 0 Å². The van der Waals surface area contributed by atoms with E-state index in [1.807, 2.05) is 44.2 Å². The molecule has 0 bridgehead atoms. The average Bonchev–Trinajstić information content (AvgIpc) is 3.52. The van der Waals surface area contributed by atoms with Crippen LogP contribution in [0.4, 0.5) is 5.69 Å². The summed E-state index contributed by atoms with van der Waals surface area (Å²) in [5.74, 6) is 0.436. The maximum Gasteiger partial charge on any atom is 0.225 e. The van der Waals surface area contributed by atoms with Crippen molar-refractivity contribution in [3.05, 3.63) is 58.1 Å². The van der Waals surface area contributed by atoms with Crippen molar-refractivity contribution in [2.75, 3.05) is 37.6 Å². The first-order valence-corrected chi connectivity index (χ1v) is 13.2. The summed E-state index contributed by atoms with van der Waals surface area (Å²) in [5, 5.41) is 15.7. The van der Waals surface area contributed by atoms with E-state index >= 15 is 0 Å². The van der Waals surface area contributed by atoms with E-state index in [2.05, 4.69) is 15.1 Å². The summed E-state index contributed by atoms with van der Waals surface area (Å²) >= 11 is 12.5. The SMILES string of the molecule is CC(C)Oc1ccc(C(O)C(CN2CCCC2)NC(=O)C2CCN(c3ccc(Cl)cc3)C2)cc1Cl. The van der Waals surface area contributed by atoms with Gasteiger partial charge in [-0.15, -0.1) is 0 Å². The van der Waals surface area contributed by atoms with Crippen LogP contribution in [0.3, 0.4) is 0 Å². The van der Waals surface area contributed by atoms with Gasteiger partial charge in [0.1, 0.15) is 11.9 Å². The number of rotatable bonds is 9. The lowest BCUT2D eigenvalue weighted by molar-refractivity contribution is -0.126. The van der Waals surface area contributed by atoms with Crippen LogP contribution < -0.4 is 15.0 Å². The van der Waals surface area contributed by atoms with Gasteiger partial charge in [-0.3, -0.25) is 4.79 Å². The first-order valence-electron chi connectivity index (χ1n) is 12.5. The van der Waals surface area contributed by atoms with Crippen LogP contribution in [0.1, 0.15) is 44.8 Å². The van der Waals surface area contributed by atoms with Gasteiger partial charge in [-0.05, 0) is 88.2 Å². The second-order valence-electron chi connectivity index (χ2n) is 9.83. The third-order valence-corrected chi connectivity index (χ3v) is 7.32. The van der Waals surface area contributed by atoms with E-state index in [1.54, 1.807) is 12.1 Å². The smallest absolute Gasteiger partial charge is 0.225 e. The number of nitrogens with zero attached hydrogens (tertiary/aromatic N) is 2. The molecular formula is C27H35Cl2N3O3. The summed E-state index contributed by atoms with van der Waals surface area (Å²) in [6.45, 7) is 7.90. The molecule has 1 amide bonds. The topological polar surface area (TPSA) is 65.0 Å². The Morgan fingerprint density at radius 1 is 1.11 bits per heavy atom. The highest BCUT2D eigenvalue weighted by Gasteiger charge is 2.33. The first-order chi connectivity index (χ1) is 16.8. The first kappa shape index (κ1) is 26.1. The van der Waals surface area contributed by atoms with Gasteiger partial charge in [0.15, 0.2) is 0 Å². The number of hydrogen-bond acceptors (Lipinski definition) is 5. The highest BCUT2D eigenvalue weighted by atomic mass is 35.5. The van der Waals surface area contributed by atoms with Crippen molar-refractivity contribution in [1.82, 2.24) is 10.2 Å². The lowest BCUT2D eigenvalue weighted by Gasteiger charge is -2.30. The minimum absolute atomic E-state index is 0.00401. The molecule has 0 aliphatic carbocycles. The molecule has 3 unspecified atom stereocenters. The van der Waals surface area contributed by atoms with Crippen molar-refractivity contribution in [3.8, 4) is 5.75 Å². The Morgan fingerprint density at radius 2 is 1.83 bits per heavy atom. The lowest BCUT2D eigenvalue weighted by atomic mass is 10.00. The van der Waals surface area contributed by atoms with Gasteiger partial charge in [-0.2, -0.15) is 0 Å². The van der Waals surface area contributed by atoms with Gasteiger partial charge in [0.2, 0.25) is 5.91 Å². The normalized spacial score (nSPS) is 20.3. The van der Waals surface area contributed by atoms with E-state index in [9.17, 15) is 9.90 Å². The highest BCUT2D eigenvalue weighted by Crippen LogP contribution is 2.31. The molecule has 8 heteroatoms. The summed E-state index contributed by atoms with van der Waals surface area (Å²) in [5.41, 5.74) is 1.74. The van der Waals surface area contributed by atoms with E-state index in [1.165, 1.54) is 0 Å². The Morgan fingerprint density at radius 3 is 2.49 bits per heavy atom. The van der Waals surface area contributed by atoms with Crippen molar-refractivity contribution in [2.45, 2.75) is 51.4 Å². The van der Waals surface area contributed by atoms with Crippen molar-refractivity contribution in [1.29, 1.82) is 0 Å². The molecule has 0 saturated carbocycles. The Labute approximate surface area is 218 Å². The van der Waals surface area contributed by atoms with Gasteiger partial charge in [0.05, 0.1) is 23.1 Å². The number of hydrogen-bond donors (Lipinski definition) is 2. The zero-order valence-electron chi connectivity index (χ0n) is 20.4. The summed E-state index contributed by atoms with van der Waals surface area (Å²) in [4.78, 5) is 17.8. The van der Waals surface area contributed by atoms with Crippen molar-refractivity contribution in [2.24, 2.45) is 5.92 Å². The zero-order valence-corrected chi connectivity index (χ0v) is 21.9. The molecule has 2 N–H and O–H groups in total. The number of anilines is 1. The Hall–Kier alpha value is -1.99. The summed E-state index contributed by atoms with van der Waals surface area (Å²) < 4.78 is 5.73. The van der Waals surface area contributed by atoms with Crippen LogP contribution in [-0.2, 0) is 4.79 Å². The predicted molar refractivity (Wildman–Crippen MR) is 142 cm³/mol. The summed E-state index contributed by atoms with van der Waals surface area (Å²) in [6.07, 6.45) is 2.18. The maximum absolute atomic E-state index is 13.3.